The molecule has 0 saturated heterocycles. The molecule has 0 aliphatic heterocycles. The third-order valence-electron chi connectivity index (χ3n) is 2.74. The van der Waals surface area contributed by atoms with Crippen molar-refractivity contribution in [3.63, 3.8) is 0 Å². The topological polar surface area (TPSA) is 55.1 Å². The van der Waals surface area contributed by atoms with Crippen LogP contribution in [0.4, 0.5) is 0 Å². The average molecular weight is 289 g/mol. The van der Waals surface area contributed by atoms with E-state index in [0.29, 0.717) is 16.5 Å². The lowest BCUT2D eigenvalue weighted by Crippen LogP contribution is -2.41. The summed E-state index contributed by atoms with van der Waals surface area (Å²) in [6, 6.07) is 4.66. The van der Waals surface area contributed by atoms with Crippen LogP contribution < -0.4 is 11.1 Å². The van der Waals surface area contributed by atoms with Crippen molar-refractivity contribution < 1.29 is 4.79 Å². The second kappa shape index (κ2) is 6.98. The van der Waals surface area contributed by atoms with Gasteiger partial charge < -0.3 is 11.1 Å². The molecule has 1 rings (SSSR count). The SMILES string of the molecule is CCCC(N)C(=O)NC(C)c1cccc(Cl)c1Cl. The highest BCUT2D eigenvalue weighted by atomic mass is 35.5. The molecule has 0 saturated carbocycles. The number of amides is 1. The van der Waals surface area contributed by atoms with Gasteiger partial charge >= 0.3 is 0 Å². The van der Waals surface area contributed by atoms with Gasteiger partial charge in [-0.3, -0.25) is 4.79 Å². The third kappa shape index (κ3) is 3.87. The zero-order valence-electron chi connectivity index (χ0n) is 10.5. The average Bonchev–Trinajstić information content (AvgIpc) is 2.32. The van der Waals surface area contributed by atoms with Gasteiger partial charge in [-0.1, -0.05) is 48.7 Å². The largest absolute Gasteiger partial charge is 0.348 e. The van der Waals surface area contributed by atoms with E-state index in [1.807, 2.05) is 19.9 Å². The minimum atomic E-state index is -0.476. The Morgan fingerprint density at radius 1 is 1.44 bits per heavy atom. The fourth-order valence-electron chi connectivity index (χ4n) is 1.70. The molecule has 5 heteroatoms. The summed E-state index contributed by atoms with van der Waals surface area (Å²) in [5.74, 6) is -0.166. The van der Waals surface area contributed by atoms with E-state index < -0.39 is 6.04 Å². The molecule has 0 aliphatic carbocycles. The van der Waals surface area contributed by atoms with Crippen molar-refractivity contribution in [2.45, 2.75) is 38.8 Å². The summed E-state index contributed by atoms with van der Waals surface area (Å²) in [4.78, 5) is 11.8. The molecular formula is C13H18Cl2N2O. The van der Waals surface area contributed by atoms with Crippen LogP contribution in [0.25, 0.3) is 0 Å². The molecule has 0 bridgehead atoms. The molecule has 0 heterocycles. The first-order valence-corrected chi connectivity index (χ1v) is 6.72. The van der Waals surface area contributed by atoms with Gasteiger partial charge in [0.2, 0.25) is 5.91 Å². The molecule has 0 aliphatic rings. The molecule has 0 fully saturated rings. The van der Waals surface area contributed by atoms with Gasteiger partial charge in [0.1, 0.15) is 0 Å². The molecule has 18 heavy (non-hydrogen) atoms. The van der Waals surface area contributed by atoms with Crippen molar-refractivity contribution in [2.75, 3.05) is 0 Å². The van der Waals surface area contributed by atoms with Crippen LogP contribution >= 0.6 is 23.2 Å². The van der Waals surface area contributed by atoms with Crippen molar-refractivity contribution >= 4 is 29.1 Å². The zero-order chi connectivity index (χ0) is 13.7. The first-order valence-electron chi connectivity index (χ1n) is 5.97. The minimum absolute atomic E-state index is 0.166. The Morgan fingerprint density at radius 3 is 2.72 bits per heavy atom. The van der Waals surface area contributed by atoms with E-state index in [9.17, 15) is 4.79 Å². The van der Waals surface area contributed by atoms with Gasteiger partial charge in [0.25, 0.3) is 0 Å². The summed E-state index contributed by atoms with van der Waals surface area (Å²) in [5.41, 5.74) is 6.54. The maximum absolute atomic E-state index is 11.8. The Bertz CT molecular complexity index is 423. The number of hydrogen-bond acceptors (Lipinski definition) is 2. The summed E-state index contributed by atoms with van der Waals surface area (Å²) in [6.07, 6.45) is 1.54. The Balaban J connectivity index is 2.73. The predicted molar refractivity (Wildman–Crippen MR) is 75.9 cm³/mol. The first kappa shape index (κ1) is 15.3. The van der Waals surface area contributed by atoms with Crippen LogP contribution in [0.1, 0.15) is 38.3 Å². The van der Waals surface area contributed by atoms with Crippen LogP contribution in [0.2, 0.25) is 10.0 Å². The van der Waals surface area contributed by atoms with Gasteiger partial charge in [0.15, 0.2) is 0 Å². The van der Waals surface area contributed by atoms with Gasteiger partial charge in [-0.15, -0.1) is 0 Å². The predicted octanol–water partition coefficient (Wildman–Crippen LogP) is 3.30. The number of nitrogens with two attached hydrogens (primary N) is 1. The summed E-state index contributed by atoms with van der Waals surface area (Å²) in [6.45, 7) is 3.85. The smallest absolute Gasteiger partial charge is 0.237 e. The lowest BCUT2D eigenvalue weighted by molar-refractivity contribution is -0.123. The van der Waals surface area contributed by atoms with E-state index in [-0.39, 0.29) is 11.9 Å². The first-order chi connectivity index (χ1) is 8.47. The molecule has 0 spiro atoms. The van der Waals surface area contributed by atoms with Gasteiger partial charge in [0.05, 0.1) is 22.1 Å². The van der Waals surface area contributed by atoms with E-state index >= 15 is 0 Å². The normalized spacial score (nSPS) is 14.1. The molecule has 1 aromatic carbocycles. The molecule has 1 aromatic rings. The standard InChI is InChI=1S/C13H18Cl2N2O/c1-3-5-11(16)13(18)17-8(2)9-6-4-7-10(14)12(9)15/h4,6-8,11H,3,5,16H2,1-2H3,(H,17,18). The molecule has 3 N–H and O–H groups in total. The molecule has 2 atom stereocenters. The Kier molecular flexibility index (Phi) is 5.93. The lowest BCUT2D eigenvalue weighted by atomic mass is 10.1. The van der Waals surface area contributed by atoms with E-state index in [0.717, 1.165) is 12.0 Å². The zero-order valence-corrected chi connectivity index (χ0v) is 12.1. The number of carbonyl (C=O) groups is 1. The van der Waals surface area contributed by atoms with Crippen LogP contribution in [0.15, 0.2) is 18.2 Å². The molecule has 2 unspecified atom stereocenters. The summed E-state index contributed by atoms with van der Waals surface area (Å²) in [7, 11) is 0. The van der Waals surface area contributed by atoms with Crippen LogP contribution in [-0.4, -0.2) is 11.9 Å². The Labute approximate surface area is 118 Å². The quantitative estimate of drug-likeness (QED) is 0.873. The molecule has 100 valence electrons. The fraction of sp³-hybridized carbons (Fsp3) is 0.462. The van der Waals surface area contributed by atoms with Crippen LogP contribution in [0, 0.1) is 0 Å². The highest BCUT2D eigenvalue weighted by Gasteiger charge is 2.18. The maximum Gasteiger partial charge on any atom is 0.237 e. The monoisotopic (exact) mass is 288 g/mol. The number of nitrogens with one attached hydrogen (secondary N) is 1. The van der Waals surface area contributed by atoms with Crippen LogP contribution in [0.3, 0.4) is 0 Å². The van der Waals surface area contributed by atoms with Gasteiger partial charge in [-0.25, -0.2) is 0 Å². The molecule has 3 nitrogen and oxygen atoms in total. The summed E-state index contributed by atoms with van der Waals surface area (Å²) >= 11 is 12.0. The highest BCUT2D eigenvalue weighted by molar-refractivity contribution is 6.42. The third-order valence-corrected chi connectivity index (χ3v) is 3.58. The number of hydrogen-bond donors (Lipinski definition) is 2. The van der Waals surface area contributed by atoms with Gasteiger partial charge in [0, 0.05) is 0 Å². The Morgan fingerprint density at radius 2 is 2.11 bits per heavy atom. The van der Waals surface area contributed by atoms with E-state index in [2.05, 4.69) is 5.32 Å². The fourth-order valence-corrected chi connectivity index (χ4v) is 2.17. The number of carbonyl (C=O) groups excluding carboxylic acids is 1. The second-order valence-electron chi connectivity index (χ2n) is 4.27. The van der Waals surface area contributed by atoms with Crippen molar-refractivity contribution in [2.24, 2.45) is 5.73 Å². The molecular weight excluding hydrogens is 271 g/mol. The van der Waals surface area contributed by atoms with Crippen LogP contribution in [-0.2, 0) is 4.79 Å². The number of halogens is 2. The summed E-state index contributed by atoms with van der Waals surface area (Å²) < 4.78 is 0. The van der Waals surface area contributed by atoms with Gasteiger partial charge in [-0.2, -0.15) is 0 Å². The second-order valence-corrected chi connectivity index (χ2v) is 5.05. The van der Waals surface area contributed by atoms with Gasteiger partial charge in [-0.05, 0) is 25.0 Å². The Hall–Kier alpha value is -0.770. The lowest BCUT2D eigenvalue weighted by Gasteiger charge is -2.19. The molecule has 0 aromatic heterocycles. The molecule has 0 radical (unpaired) electrons. The number of rotatable bonds is 5. The molecule has 1 amide bonds. The van der Waals surface area contributed by atoms with Crippen molar-refractivity contribution in [3.05, 3.63) is 33.8 Å². The number of benzene rings is 1. The minimum Gasteiger partial charge on any atom is -0.348 e. The van der Waals surface area contributed by atoms with Crippen LogP contribution in [0.5, 0.6) is 0 Å². The maximum atomic E-state index is 11.8. The summed E-state index contributed by atoms with van der Waals surface area (Å²) in [5, 5.41) is 3.79. The van der Waals surface area contributed by atoms with E-state index in [1.54, 1.807) is 12.1 Å². The van der Waals surface area contributed by atoms with Crippen molar-refractivity contribution in [3.8, 4) is 0 Å². The highest BCUT2D eigenvalue weighted by Crippen LogP contribution is 2.29. The van der Waals surface area contributed by atoms with Crippen molar-refractivity contribution in [1.29, 1.82) is 0 Å². The van der Waals surface area contributed by atoms with Crippen molar-refractivity contribution in [1.82, 2.24) is 5.32 Å². The van der Waals surface area contributed by atoms with E-state index in [1.165, 1.54) is 0 Å². The van der Waals surface area contributed by atoms with E-state index in [4.69, 9.17) is 28.9 Å².